The quantitative estimate of drug-likeness (QED) is 0.232. The number of fused-ring (bicyclic) bond motifs is 2. The minimum absolute atomic E-state index is 0.0191. The highest BCUT2D eigenvalue weighted by Gasteiger charge is 2.28. The van der Waals surface area contributed by atoms with Crippen molar-refractivity contribution in [2.24, 2.45) is 0 Å². The topological polar surface area (TPSA) is 102 Å². The fourth-order valence-electron chi connectivity index (χ4n) is 5.41. The van der Waals surface area contributed by atoms with Crippen molar-refractivity contribution in [1.29, 1.82) is 0 Å². The highest BCUT2D eigenvalue weighted by atomic mass is 16.5. The van der Waals surface area contributed by atoms with Crippen molar-refractivity contribution in [3.8, 4) is 45.6 Å². The summed E-state index contributed by atoms with van der Waals surface area (Å²) in [7, 11) is 3.06. The van der Waals surface area contributed by atoms with Gasteiger partial charge in [0.05, 0.1) is 20.8 Å². The molecule has 6 rings (SSSR count). The average Bonchev–Trinajstić information content (AvgIpc) is 3.30. The minimum atomic E-state index is -0.0534. The van der Waals surface area contributed by atoms with E-state index in [2.05, 4.69) is 0 Å². The molecule has 0 spiro atoms. The predicted molar refractivity (Wildman–Crippen MR) is 147 cm³/mol. The molecule has 1 atom stereocenters. The summed E-state index contributed by atoms with van der Waals surface area (Å²) >= 11 is 0. The maximum absolute atomic E-state index is 10.9. The Morgan fingerprint density at radius 3 is 2.41 bits per heavy atom. The molecule has 7 nitrogen and oxygen atoms in total. The number of phenols is 3. The Labute approximate surface area is 225 Å². The van der Waals surface area contributed by atoms with Crippen LogP contribution in [0.15, 0.2) is 77.2 Å². The Balaban J connectivity index is 1.41. The van der Waals surface area contributed by atoms with E-state index in [1.807, 2.05) is 48.5 Å². The SMILES string of the molecule is COc1ccc([C@H]2COc3c(ccc(O)c3Cc3oc4cc(OC)c(O)cc4c3-c3ccccc3)C2)c(O)c1. The predicted octanol–water partition coefficient (Wildman–Crippen LogP) is 6.54. The van der Waals surface area contributed by atoms with Gasteiger partial charge in [0.2, 0.25) is 0 Å². The molecule has 5 aromatic rings. The number of phenolic OH excluding ortho intramolecular Hbond substituents is 3. The van der Waals surface area contributed by atoms with Crippen molar-refractivity contribution < 1.29 is 33.9 Å². The number of ether oxygens (including phenoxy) is 3. The van der Waals surface area contributed by atoms with Crippen molar-refractivity contribution in [1.82, 2.24) is 0 Å². The van der Waals surface area contributed by atoms with Gasteiger partial charge in [0.25, 0.3) is 0 Å². The summed E-state index contributed by atoms with van der Waals surface area (Å²) in [5.41, 5.74) is 4.67. The molecule has 3 N–H and O–H groups in total. The van der Waals surface area contributed by atoms with E-state index in [1.165, 1.54) is 7.11 Å². The third-order valence-electron chi connectivity index (χ3n) is 7.35. The lowest BCUT2D eigenvalue weighted by atomic mass is 9.87. The molecule has 1 aliphatic rings. The first-order chi connectivity index (χ1) is 19.0. The van der Waals surface area contributed by atoms with Gasteiger partial charge in [-0.15, -0.1) is 0 Å². The van der Waals surface area contributed by atoms with Gasteiger partial charge in [-0.05, 0) is 35.7 Å². The maximum Gasteiger partial charge on any atom is 0.164 e. The lowest BCUT2D eigenvalue weighted by Crippen LogP contribution is -2.20. The lowest BCUT2D eigenvalue weighted by Gasteiger charge is -2.28. The van der Waals surface area contributed by atoms with Crippen LogP contribution in [-0.2, 0) is 12.8 Å². The van der Waals surface area contributed by atoms with Crippen LogP contribution in [0.3, 0.4) is 0 Å². The molecule has 0 saturated carbocycles. The van der Waals surface area contributed by atoms with Gasteiger partial charge in [-0.3, -0.25) is 0 Å². The van der Waals surface area contributed by atoms with Crippen molar-refractivity contribution in [2.45, 2.75) is 18.8 Å². The van der Waals surface area contributed by atoms with E-state index in [0.29, 0.717) is 47.2 Å². The van der Waals surface area contributed by atoms with Crippen LogP contribution in [0.5, 0.6) is 34.5 Å². The van der Waals surface area contributed by atoms with Crippen molar-refractivity contribution in [2.75, 3.05) is 20.8 Å². The zero-order valence-corrected chi connectivity index (χ0v) is 21.6. The molecule has 0 radical (unpaired) electrons. The Hall–Kier alpha value is -4.78. The van der Waals surface area contributed by atoms with Gasteiger partial charge in [-0.25, -0.2) is 0 Å². The molecule has 0 fully saturated rings. The van der Waals surface area contributed by atoms with Crippen LogP contribution >= 0.6 is 0 Å². The number of benzene rings is 4. The van der Waals surface area contributed by atoms with Gasteiger partial charge in [-0.2, -0.15) is 0 Å². The molecule has 2 heterocycles. The molecule has 39 heavy (non-hydrogen) atoms. The largest absolute Gasteiger partial charge is 0.508 e. The molecular weight excluding hydrogens is 496 g/mol. The van der Waals surface area contributed by atoms with Crippen LogP contribution in [0.2, 0.25) is 0 Å². The molecule has 7 heteroatoms. The van der Waals surface area contributed by atoms with E-state index in [1.54, 1.807) is 31.4 Å². The Morgan fingerprint density at radius 2 is 1.67 bits per heavy atom. The smallest absolute Gasteiger partial charge is 0.164 e. The van der Waals surface area contributed by atoms with Gasteiger partial charge in [0.1, 0.15) is 34.3 Å². The van der Waals surface area contributed by atoms with Gasteiger partial charge in [0, 0.05) is 46.5 Å². The number of furan rings is 1. The van der Waals surface area contributed by atoms with Gasteiger partial charge in [0.15, 0.2) is 11.5 Å². The summed E-state index contributed by atoms with van der Waals surface area (Å²) in [6, 6.07) is 21.9. The summed E-state index contributed by atoms with van der Waals surface area (Å²) < 4.78 is 23.1. The molecule has 1 aliphatic heterocycles. The summed E-state index contributed by atoms with van der Waals surface area (Å²) in [5.74, 6) is 2.40. The molecule has 198 valence electrons. The van der Waals surface area contributed by atoms with E-state index < -0.39 is 0 Å². The highest BCUT2D eigenvalue weighted by molar-refractivity contribution is 5.97. The van der Waals surface area contributed by atoms with Crippen LogP contribution in [0.25, 0.3) is 22.1 Å². The first kappa shape index (κ1) is 24.6. The van der Waals surface area contributed by atoms with Crippen LogP contribution in [0, 0.1) is 0 Å². The van der Waals surface area contributed by atoms with E-state index >= 15 is 0 Å². The highest BCUT2D eigenvalue weighted by Crippen LogP contribution is 2.45. The second kappa shape index (κ2) is 9.83. The molecule has 0 amide bonds. The average molecular weight is 525 g/mol. The Bertz CT molecular complexity index is 1670. The van der Waals surface area contributed by atoms with Crippen molar-refractivity contribution in [3.63, 3.8) is 0 Å². The standard InChI is InChI=1S/C32H28O7/c1-36-21-9-10-22(26(34)13-21)20-12-19-8-11-25(33)23(32(19)38-17-20)15-30-31(18-6-4-3-5-7-18)24-14-27(35)29(37-2)16-28(24)39-30/h3-11,13-14,16,20,33-35H,12,15,17H2,1-2H3/t20-/m1/s1. The maximum atomic E-state index is 10.9. The Kier molecular flexibility index (Phi) is 6.19. The van der Waals surface area contributed by atoms with Gasteiger partial charge in [-0.1, -0.05) is 42.5 Å². The zero-order valence-electron chi connectivity index (χ0n) is 21.6. The summed E-state index contributed by atoms with van der Waals surface area (Å²) in [6.45, 7) is 0.347. The molecule has 4 aromatic carbocycles. The van der Waals surface area contributed by atoms with E-state index in [-0.39, 0.29) is 29.6 Å². The minimum Gasteiger partial charge on any atom is -0.508 e. The van der Waals surface area contributed by atoms with E-state index in [9.17, 15) is 15.3 Å². The Morgan fingerprint density at radius 1 is 0.846 bits per heavy atom. The second-order valence-corrected chi connectivity index (χ2v) is 9.65. The van der Waals surface area contributed by atoms with E-state index in [4.69, 9.17) is 18.6 Å². The van der Waals surface area contributed by atoms with E-state index in [0.717, 1.165) is 27.6 Å². The molecule has 0 unspecified atom stereocenters. The molecular formula is C32H28O7. The fraction of sp³-hybridized carbons (Fsp3) is 0.188. The van der Waals surface area contributed by atoms with Gasteiger partial charge < -0.3 is 33.9 Å². The zero-order chi connectivity index (χ0) is 27.1. The summed E-state index contributed by atoms with van der Waals surface area (Å²) in [6.07, 6.45) is 0.911. The first-order valence-corrected chi connectivity index (χ1v) is 12.7. The lowest BCUT2D eigenvalue weighted by molar-refractivity contribution is 0.255. The second-order valence-electron chi connectivity index (χ2n) is 9.65. The number of methoxy groups -OCH3 is 2. The fourth-order valence-corrected chi connectivity index (χ4v) is 5.41. The summed E-state index contributed by atoms with van der Waals surface area (Å²) in [4.78, 5) is 0. The number of hydrogen-bond acceptors (Lipinski definition) is 7. The normalized spacial score (nSPS) is 14.6. The number of hydrogen-bond donors (Lipinski definition) is 3. The molecule has 0 aliphatic carbocycles. The molecule has 1 aromatic heterocycles. The monoisotopic (exact) mass is 524 g/mol. The third kappa shape index (κ3) is 4.36. The molecule has 0 saturated heterocycles. The number of aromatic hydroxyl groups is 3. The number of rotatable bonds is 6. The first-order valence-electron chi connectivity index (χ1n) is 12.7. The summed E-state index contributed by atoms with van der Waals surface area (Å²) in [5, 5.41) is 32.7. The van der Waals surface area contributed by atoms with Crippen molar-refractivity contribution >= 4 is 11.0 Å². The van der Waals surface area contributed by atoms with Crippen LogP contribution in [0.4, 0.5) is 0 Å². The van der Waals surface area contributed by atoms with Crippen LogP contribution in [0.1, 0.15) is 28.4 Å². The van der Waals surface area contributed by atoms with Crippen LogP contribution < -0.4 is 14.2 Å². The van der Waals surface area contributed by atoms with Gasteiger partial charge >= 0.3 is 0 Å². The van der Waals surface area contributed by atoms with Crippen molar-refractivity contribution in [3.05, 3.63) is 95.2 Å². The third-order valence-corrected chi connectivity index (χ3v) is 7.35. The van der Waals surface area contributed by atoms with Crippen LogP contribution in [-0.4, -0.2) is 36.1 Å². The molecule has 0 bridgehead atoms.